The summed E-state index contributed by atoms with van der Waals surface area (Å²) >= 11 is 6.31. The summed E-state index contributed by atoms with van der Waals surface area (Å²) in [5, 5.41) is 3.62. The molecule has 1 aliphatic rings. The van der Waals surface area contributed by atoms with Crippen molar-refractivity contribution in [2.75, 3.05) is 23.4 Å². The van der Waals surface area contributed by atoms with Crippen molar-refractivity contribution in [3.05, 3.63) is 52.5 Å². The quantitative estimate of drug-likeness (QED) is 0.837. The molecule has 2 aromatic carbocycles. The minimum absolute atomic E-state index is 0.0714. The monoisotopic (exact) mass is 386 g/mol. The van der Waals surface area contributed by atoms with Crippen LogP contribution >= 0.6 is 11.6 Å². The topological polar surface area (TPSA) is 58.6 Å². The number of ether oxygens (including phenoxy) is 1. The van der Waals surface area contributed by atoms with E-state index in [4.69, 9.17) is 16.3 Å². The normalized spacial score (nSPS) is 13.6. The summed E-state index contributed by atoms with van der Waals surface area (Å²) in [6.45, 7) is 4.27. The molecule has 6 heteroatoms. The van der Waals surface area contributed by atoms with Gasteiger partial charge in [0.1, 0.15) is 12.3 Å². The number of hydrogen-bond donors (Lipinski definition) is 1. The van der Waals surface area contributed by atoms with Gasteiger partial charge in [0.05, 0.1) is 18.7 Å². The standard InChI is InChI=1S/C21H23ClN2O3/c1-3-14-9-10-16(22)15(4-2)21(14)23-19(25)13-24-17-7-5-6-8-18(17)27-12-11-20(24)26/h5-10H,3-4,11-13H2,1-2H3,(H,23,25). The molecule has 1 aliphatic heterocycles. The highest BCUT2D eigenvalue weighted by molar-refractivity contribution is 6.32. The van der Waals surface area contributed by atoms with E-state index in [0.29, 0.717) is 29.5 Å². The number of nitrogens with one attached hydrogen (secondary N) is 1. The van der Waals surface area contributed by atoms with Crippen LogP contribution in [0.1, 0.15) is 31.4 Å². The molecule has 2 aromatic rings. The van der Waals surface area contributed by atoms with Crippen LogP contribution in [0.15, 0.2) is 36.4 Å². The second-order valence-electron chi connectivity index (χ2n) is 6.36. The molecule has 0 aromatic heterocycles. The Morgan fingerprint density at radius 1 is 1.19 bits per heavy atom. The predicted molar refractivity (Wildman–Crippen MR) is 108 cm³/mol. The summed E-state index contributed by atoms with van der Waals surface area (Å²) in [5.74, 6) is 0.224. The van der Waals surface area contributed by atoms with Crippen LogP contribution < -0.4 is 15.0 Å². The highest BCUT2D eigenvalue weighted by atomic mass is 35.5. The number of carbonyl (C=O) groups excluding carboxylic acids is 2. The lowest BCUT2D eigenvalue weighted by molar-refractivity contribution is -0.121. The number of carbonyl (C=O) groups is 2. The first-order valence-electron chi connectivity index (χ1n) is 9.17. The van der Waals surface area contributed by atoms with E-state index < -0.39 is 0 Å². The maximum atomic E-state index is 12.8. The zero-order valence-corrected chi connectivity index (χ0v) is 16.3. The van der Waals surface area contributed by atoms with E-state index in [-0.39, 0.29) is 24.8 Å². The molecule has 0 radical (unpaired) electrons. The third-order valence-corrected chi connectivity index (χ3v) is 5.03. The van der Waals surface area contributed by atoms with Gasteiger partial charge in [-0.1, -0.05) is 43.6 Å². The maximum absolute atomic E-state index is 12.8. The minimum atomic E-state index is -0.258. The molecule has 0 fully saturated rings. The van der Waals surface area contributed by atoms with Crippen LogP contribution in [-0.4, -0.2) is 25.0 Å². The van der Waals surface area contributed by atoms with Gasteiger partial charge in [0.15, 0.2) is 0 Å². The van der Waals surface area contributed by atoms with E-state index in [2.05, 4.69) is 5.32 Å². The second kappa shape index (κ2) is 8.44. The first-order chi connectivity index (χ1) is 13.0. The van der Waals surface area contributed by atoms with E-state index in [1.807, 2.05) is 38.1 Å². The van der Waals surface area contributed by atoms with Crippen molar-refractivity contribution in [1.29, 1.82) is 0 Å². The fourth-order valence-corrected chi connectivity index (χ4v) is 3.57. The van der Waals surface area contributed by atoms with E-state index >= 15 is 0 Å². The highest BCUT2D eigenvalue weighted by Crippen LogP contribution is 2.32. The minimum Gasteiger partial charge on any atom is -0.491 e. The van der Waals surface area contributed by atoms with Gasteiger partial charge in [-0.2, -0.15) is 0 Å². The van der Waals surface area contributed by atoms with Gasteiger partial charge in [-0.3, -0.25) is 14.5 Å². The first kappa shape index (κ1) is 19.2. The lowest BCUT2D eigenvalue weighted by Gasteiger charge is -2.22. The van der Waals surface area contributed by atoms with Gasteiger partial charge >= 0.3 is 0 Å². The Hall–Kier alpha value is -2.53. The number of benzene rings is 2. The molecule has 3 rings (SSSR count). The average molecular weight is 387 g/mol. The third kappa shape index (κ3) is 4.08. The van der Waals surface area contributed by atoms with Crippen LogP contribution in [0.3, 0.4) is 0 Å². The zero-order valence-electron chi connectivity index (χ0n) is 15.5. The molecule has 0 saturated carbocycles. The number of hydrogen-bond acceptors (Lipinski definition) is 3. The second-order valence-corrected chi connectivity index (χ2v) is 6.77. The van der Waals surface area contributed by atoms with Crippen LogP contribution in [0.4, 0.5) is 11.4 Å². The number of amides is 2. The first-order valence-corrected chi connectivity index (χ1v) is 9.55. The van der Waals surface area contributed by atoms with Crippen molar-refractivity contribution >= 4 is 34.8 Å². The van der Waals surface area contributed by atoms with Crippen LogP contribution in [0.25, 0.3) is 0 Å². The molecular weight excluding hydrogens is 364 g/mol. The molecule has 27 heavy (non-hydrogen) atoms. The number of nitrogens with zero attached hydrogens (tertiary/aromatic N) is 1. The van der Waals surface area contributed by atoms with Crippen molar-refractivity contribution in [2.45, 2.75) is 33.1 Å². The maximum Gasteiger partial charge on any atom is 0.244 e. The van der Waals surface area contributed by atoms with Gasteiger partial charge in [-0.15, -0.1) is 0 Å². The molecular formula is C21H23ClN2O3. The van der Waals surface area contributed by atoms with E-state index in [0.717, 1.165) is 23.2 Å². The predicted octanol–water partition coefficient (Wildman–Crippen LogP) is 4.22. The van der Waals surface area contributed by atoms with Crippen LogP contribution in [-0.2, 0) is 22.4 Å². The third-order valence-electron chi connectivity index (χ3n) is 4.67. The Balaban J connectivity index is 1.86. The van der Waals surface area contributed by atoms with E-state index in [9.17, 15) is 9.59 Å². The molecule has 1 N–H and O–H groups in total. The summed E-state index contributed by atoms with van der Waals surface area (Å²) in [5.41, 5.74) is 3.31. The van der Waals surface area contributed by atoms with Crippen molar-refractivity contribution < 1.29 is 14.3 Å². The molecule has 2 amide bonds. The Morgan fingerprint density at radius 3 is 2.70 bits per heavy atom. The highest BCUT2D eigenvalue weighted by Gasteiger charge is 2.25. The summed E-state index contributed by atoms with van der Waals surface area (Å²) in [6, 6.07) is 11.1. The Kier molecular flexibility index (Phi) is 6.01. The molecule has 5 nitrogen and oxygen atoms in total. The summed E-state index contributed by atoms with van der Waals surface area (Å²) < 4.78 is 5.63. The number of fused-ring (bicyclic) bond motifs is 1. The van der Waals surface area contributed by atoms with Gasteiger partial charge in [-0.05, 0) is 42.2 Å². The number of para-hydroxylation sites is 2. The zero-order chi connectivity index (χ0) is 19.4. The van der Waals surface area contributed by atoms with Crippen LogP contribution in [0, 0.1) is 0 Å². The van der Waals surface area contributed by atoms with Crippen LogP contribution in [0.2, 0.25) is 5.02 Å². The number of rotatable bonds is 5. The summed E-state index contributed by atoms with van der Waals surface area (Å²) in [4.78, 5) is 26.8. The van der Waals surface area contributed by atoms with Gasteiger partial charge in [0.25, 0.3) is 0 Å². The van der Waals surface area contributed by atoms with Gasteiger partial charge < -0.3 is 10.1 Å². The average Bonchev–Trinajstić information content (AvgIpc) is 2.81. The number of aryl methyl sites for hydroxylation is 1. The van der Waals surface area contributed by atoms with Gasteiger partial charge in [0.2, 0.25) is 11.8 Å². The summed E-state index contributed by atoms with van der Waals surface area (Å²) in [6.07, 6.45) is 1.72. The number of anilines is 2. The van der Waals surface area contributed by atoms with E-state index in [1.54, 1.807) is 12.1 Å². The van der Waals surface area contributed by atoms with Crippen molar-refractivity contribution in [3.63, 3.8) is 0 Å². The molecule has 1 heterocycles. The van der Waals surface area contributed by atoms with E-state index in [1.165, 1.54) is 4.90 Å². The van der Waals surface area contributed by atoms with Crippen LogP contribution in [0.5, 0.6) is 5.75 Å². The fraction of sp³-hybridized carbons (Fsp3) is 0.333. The fourth-order valence-electron chi connectivity index (χ4n) is 3.28. The Morgan fingerprint density at radius 2 is 1.96 bits per heavy atom. The lowest BCUT2D eigenvalue weighted by atomic mass is 10.0. The molecule has 0 atom stereocenters. The van der Waals surface area contributed by atoms with Gasteiger partial charge in [-0.25, -0.2) is 0 Å². The molecule has 0 saturated heterocycles. The smallest absolute Gasteiger partial charge is 0.244 e. The Labute approximate surface area is 164 Å². The number of halogens is 1. The molecule has 0 aliphatic carbocycles. The molecule has 0 bridgehead atoms. The molecule has 0 spiro atoms. The van der Waals surface area contributed by atoms with Crippen molar-refractivity contribution in [3.8, 4) is 5.75 Å². The van der Waals surface area contributed by atoms with Crippen molar-refractivity contribution in [2.24, 2.45) is 0 Å². The lowest BCUT2D eigenvalue weighted by Crippen LogP contribution is -2.38. The van der Waals surface area contributed by atoms with Gasteiger partial charge in [0, 0.05) is 10.7 Å². The van der Waals surface area contributed by atoms with Crippen molar-refractivity contribution in [1.82, 2.24) is 0 Å². The SMILES string of the molecule is CCc1ccc(Cl)c(CC)c1NC(=O)CN1C(=O)CCOc2ccccc21. The molecule has 0 unspecified atom stereocenters. The Bertz CT molecular complexity index is 867. The largest absolute Gasteiger partial charge is 0.491 e. The molecule has 142 valence electrons. The summed E-state index contributed by atoms with van der Waals surface area (Å²) in [7, 11) is 0.